The fourth-order valence-electron chi connectivity index (χ4n) is 2.47. The van der Waals surface area contributed by atoms with E-state index in [1.54, 1.807) is 0 Å². The fraction of sp³-hybridized carbons (Fsp3) is 0.222. The van der Waals surface area contributed by atoms with Crippen molar-refractivity contribution in [3.63, 3.8) is 0 Å². The van der Waals surface area contributed by atoms with Gasteiger partial charge in [0.15, 0.2) is 0 Å². The first-order chi connectivity index (χ1) is 9.93. The van der Waals surface area contributed by atoms with Gasteiger partial charge in [-0.15, -0.1) is 0 Å². The van der Waals surface area contributed by atoms with Crippen LogP contribution in [0.1, 0.15) is 36.8 Å². The van der Waals surface area contributed by atoms with E-state index in [9.17, 15) is 0 Å². The van der Waals surface area contributed by atoms with E-state index in [-0.39, 0.29) is 0 Å². The lowest BCUT2D eigenvalue weighted by atomic mass is 10.00. The molecule has 1 heterocycles. The highest BCUT2D eigenvalue weighted by atomic mass is 15.2. The average Bonchev–Trinajstić information content (AvgIpc) is 2.49. The van der Waals surface area contributed by atoms with Gasteiger partial charge < -0.3 is 0 Å². The van der Waals surface area contributed by atoms with Crippen LogP contribution < -0.4 is 0 Å². The molecule has 0 fully saturated rings. The van der Waals surface area contributed by atoms with Crippen molar-refractivity contribution in [2.24, 2.45) is 10.2 Å². The highest BCUT2D eigenvalue weighted by Gasteiger charge is 2.09. The Kier molecular flexibility index (Phi) is 4.02. The molecule has 0 aromatic heterocycles. The molecule has 0 N–H and O–H groups in total. The lowest BCUT2D eigenvalue weighted by Crippen LogP contribution is -2.07. The van der Waals surface area contributed by atoms with Crippen LogP contribution in [0.15, 0.2) is 70.9 Å². The molecule has 20 heavy (non-hydrogen) atoms. The van der Waals surface area contributed by atoms with Gasteiger partial charge in [0.1, 0.15) is 0 Å². The molecule has 0 saturated heterocycles. The molecule has 100 valence electrons. The predicted molar refractivity (Wildman–Crippen MR) is 84.4 cm³/mol. The molecule has 3 rings (SSSR count). The van der Waals surface area contributed by atoms with Crippen LogP contribution in [0.5, 0.6) is 0 Å². The van der Waals surface area contributed by atoms with Gasteiger partial charge >= 0.3 is 0 Å². The van der Waals surface area contributed by atoms with Crippen molar-refractivity contribution in [3.05, 3.63) is 71.8 Å². The molecule has 1 aliphatic heterocycles. The van der Waals surface area contributed by atoms with Gasteiger partial charge in [-0.3, -0.25) is 0 Å². The summed E-state index contributed by atoms with van der Waals surface area (Å²) in [4.78, 5) is 0. The van der Waals surface area contributed by atoms with E-state index in [1.165, 1.54) is 24.0 Å². The maximum absolute atomic E-state index is 4.52. The summed E-state index contributed by atoms with van der Waals surface area (Å²) in [5, 5.41) is 9.03. The number of hydrogen-bond donors (Lipinski definition) is 0. The average molecular weight is 262 g/mol. The van der Waals surface area contributed by atoms with E-state index in [4.69, 9.17) is 0 Å². The van der Waals surface area contributed by atoms with Crippen LogP contribution in [-0.4, -0.2) is 11.4 Å². The third-order valence-corrected chi connectivity index (χ3v) is 3.58. The van der Waals surface area contributed by atoms with Crippen molar-refractivity contribution in [2.75, 3.05) is 0 Å². The summed E-state index contributed by atoms with van der Waals surface area (Å²) < 4.78 is 0. The minimum absolute atomic E-state index is 1.01. The highest BCUT2D eigenvalue weighted by molar-refractivity contribution is 6.04. The summed E-state index contributed by atoms with van der Waals surface area (Å²) in [6, 6.07) is 20.7. The molecule has 2 heteroatoms. The van der Waals surface area contributed by atoms with Gasteiger partial charge in [0.2, 0.25) is 0 Å². The van der Waals surface area contributed by atoms with E-state index >= 15 is 0 Å². The number of rotatable bonds is 2. The maximum Gasteiger partial charge on any atom is 0.0702 e. The summed E-state index contributed by atoms with van der Waals surface area (Å²) in [7, 11) is 0. The van der Waals surface area contributed by atoms with Crippen LogP contribution in [-0.2, 0) is 0 Å². The van der Waals surface area contributed by atoms with E-state index in [0.717, 1.165) is 24.3 Å². The van der Waals surface area contributed by atoms with Crippen LogP contribution in [0.25, 0.3) is 0 Å². The van der Waals surface area contributed by atoms with Crippen molar-refractivity contribution < 1.29 is 0 Å². The molecule has 2 aromatic carbocycles. The lowest BCUT2D eigenvalue weighted by molar-refractivity contribution is 0.782. The molecular weight excluding hydrogens is 244 g/mol. The number of hydrogen-bond acceptors (Lipinski definition) is 2. The van der Waals surface area contributed by atoms with E-state index in [2.05, 4.69) is 58.7 Å². The molecule has 2 nitrogen and oxygen atoms in total. The normalized spacial score (nSPS) is 21.0. The first-order valence-electron chi connectivity index (χ1n) is 7.18. The molecular formula is C18H18N2. The summed E-state index contributed by atoms with van der Waals surface area (Å²) >= 11 is 0. The number of nitrogens with zero attached hydrogens (tertiary/aromatic N) is 2. The molecule has 1 aliphatic rings. The molecule has 0 saturated carbocycles. The Hall–Kier alpha value is -2.22. The van der Waals surface area contributed by atoms with Gasteiger partial charge in [0, 0.05) is 0 Å². The fourth-order valence-corrected chi connectivity index (χ4v) is 2.47. The van der Waals surface area contributed by atoms with Crippen molar-refractivity contribution in [3.8, 4) is 0 Å². The molecule has 2 aromatic rings. The Morgan fingerprint density at radius 1 is 0.550 bits per heavy atom. The summed E-state index contributed by atoms with van der Waals surface area (Å²) in [5.41, 5.74) is 4.56. The summed E-state index contributed by atoms with van der Waals surface area (Å²) in [6.07, 6.45) is 4.35. The van der Waals surface area contributed by atoms with Crippen LogP contribution in [0.4, 0.5) is 0 Å². The first-order valence-corrected chi connectivity index (χ1v) is 7.18. The van der Waals surface area contributed by atoms with Crippen LogP contribution in [0, 0.1) is 0 Å². The molecule has 0 amide bonds. The molecule has 0 spiro atoms. The van der Waals surface area contributed by atoms with E-state index in [0.29, 0.717) is 0 Å². The van der Waals surface area contributed by atoms with Crippen LogP contribution in [0.2, 0.25) is 0 Å². The highest BCUT2D eigenvalue weighted by Crippen LogP contribution is 2.16. The summed E-state index contributed by atoms with van der Waals surface area (Å²) in [6.45, 7) is 0. The SMILES string of the molecule is c1ccc(/C2=N/N=C(/c3ccccc3)CCCC2)cc1. The quantitative estimate of drug-likeness (QED) is 0.763. The third kappa shape index (κ3) is 3.02. The van der Waals surface area contributed by atoms with Crippen LogP contribution in [0.3, 0.4) is 0 Å². The standard InChI is InChI=1S/C18H18N2/c1-3-9-15(10-4-1)17-13-7-8-14-18(20-19-17)16-11-5-2-6-12-16/h1-6,9-12H,7-8,13-14H2/b19-17+,20-18+. The Labute approximate surface area is 119 Å². The number of benzene rings is 2. The van der Waals surface area contributed by atoms with E-state index in [1.807, 2.05) is 12.1 Å². The second kappa shape index (κ2) is 6.29. The zero-order valence-electron chi connectivity index (χ0n) is 11.5. The molecule has 0 atom stereocenters. The topological polar surface area (TPSA) is 24.7 Å². The Morgan fingerprint density at radius 2 is 0.950 bits per heavy atom. The van der Waals surface area contributed by atoms with Crippen molar-refractivity contribution >= 4 is 11.4 Å². The largest absolute Gasteiger partial charge is 0.155 e. The Balaban J connectivity index is 1.93. The zero-order chi connectivity index (χ0) is 13.6. The van der Waals surface area contributed by atoms with Gasteiger partial charge in [0.25, 0.3) is 0 Å². The van der Waals surface area contributed by atoms with Gasteiger partial charge in [0.05, 0.1) is 11.4 Å². The Bertz CT molecular complexity index is 555. The Morgan fingerprint density at radius 3 is 1.35 bits per heavy atom. The van der Waals surface area contributed by atoms with Crippen molar-refractivity contribution in [1.82, 2.24) is 0 Å². The van der Waals surface area contributed by atoms with E-state index < -0.39 is 0 Å². The van der Waals surface area contributed by atoms with Crippen molar-refractivity contribution in [1.29, 1.82) is 0 Å². The van der Waals surface area contributed by atoms with Gasteiger partial charge in [-0.05, 0) is 36.8 Å². The molecule has 0 aliphatic carbocycles. The second-order valence-corrected chi connectivity index (χ2v) is 5.03. The van der Waals surface area contributed by atoms with Gasteiger partial charge in [-0.2, -0.15) is 10.2 Å². The second-order valence-electron chi connectivity index (χ2n) is 5.03. The predicted octanol–water partition coefficient (Wildman–Crippen LogP) is 4.45. The van der Waals surface area contributed by atoms with Crippen LogP contribution >= 0.6 is 0 Å². The monoisotopic (exact) mass is 262 g/mol. The molecule has 0 bridgehead atoms. The van der Waals surface area contributed by atoms with Gasteiger partial charge in [-0.25, -0.2) is 0 Å². The van der Waals surface area contributed by atoms with Gasteiger partial charge in [-0.1, -0.05) is 60.7 Å². The molecule has 0 unspecified atom stereocenters. The smallest absolute Gasteiger partial charge is 0.0702 e. The summed E-state index contributed by atoms with van der Waals surface area (Å²) in [5.74, 6) is 0. The minimum atomic E-state index is 1.01. The minimum Gasteiger partial charge on any atom is -0.155 e. The maximum atomic E-state index is 4.52. The zero-order valence-corrected chi connectivity index (χ0v) is 11.5. The molecule has 0 radical (unpaired) electrons. The first kappa shape index (κ1) is 12.8. The van der Waals surface area contributed by atoms with Crippen molar-refractivity contribution in [2.45, 2.75) is 25.7 Å². The third-order valence-electron chi connectivity index (χ3n) is 3.58. The lowest BCUT2D eigenvalue weighted by Gasteiger charge is -2.11.